The predicted octanol–water partition coefficient (Wildman–Crippen LogP) is 3.54. The van der Waals surface area contributed by atoms with Gasteiger partial charge in [0.1, 0.15) is 22.2 Å². The largest absolute Gasteiger partial charge is 0.465 e. The summed E-state index contributed by atoms with van der Waals surface area (Å²) in [5, 5.41) is -0.424. The third-order valence-electron chi connectivity index (χ3n) is 3.42. The van der Waals surface area contributed by atoms with Crippen LogP contribution in [0, 0.1) is 0 Å². The summed E-state index contributed by atoms with van der Waals surface area (Å²) >= 11 is 6.57. The highest BCUT2D eigenvalue weighted by atomic mass is 32.2. The van der Waals surface area contributed by atoms with Crippen molar-refractivity contribution in [1.29, 1.82) is 0 Å². The summed E-state index contributed by atoms with van der Waals surface area (Å²) < 4.78 is 10.5. The maximum atomic E-state index is 12.1. The van der Waals surface area contributed by atoms with Gasteiger partial charge in [-0.15, -0.1) is 0 Å². The third kappa shape index (κ3) is 4.23. The van der Waals surface area contributed by atoms with Gasteiger partial charge in [-0.25, -0.2) is 4.79 Å². The molecule has 7 heteroatoms. The molecule has 0 spiro atoms. The summed E-state index contributed by atoms with van der Waals surface area (Å²) in [4.78, 5) is 25.4. The second kappa shape index (κ2) is 8.31. The van der Waals surface area contributed by atoms with Crippen LogP contribution < -0.4 is 0 Å². The van der Waals surface area contributed by atoms with Crippen molar-refractivity contribution in [3.05, 3.63) is 35.9 Å². The molecule has 0 N–H and O–H groups in total. The average molecular weight is 353 g/mol. The molecule has 1 amide bonds. The minimum Gasteiger partial charge on any atom is -0.465 e. The smallest absolute Gasteiger partial charge is 0.416 e. The van der Waals surface area contributed by atoms with Crippen LogP contribution in [0.4, 0.5) is 4.79 Å². The van der Waals surface area contributed by atoms with Crippen LogP contribution in [-0.4, -0.2) is 39.7 Å². The van der Waals surface area contributed by atoms with Crippen LogP contribution in [0.15, 0.2) is 30.3 Å². The lowest BCUT2D eigenvalue weighted by Crippen LogP contribution is -2.33. The summed E-state index contributed by atoms with van der Waals surface area (Å²) in [6.45, 7) is 4.21. The number of hydrogen-bond acceptors (Lipinski definition) is 6. The second-order valence-electron chi connectivity index (χ2n) is 4.91. The van der Waals surface area contributed by atoms with E-state index in [9.17, 15) is 9.59 Å². The molecule has 124 valence electrons. The van der Waals surface area contributed by atoms with E-state index in [1.54, 1.807) is 6.92 Å². The van der Waals surface area contributed by atoms with Crippen LogP contribution >= 0.6 is 24.0 Å². The number of thiocarbonyl (C=S) groups is 1. The third-order valence-corrected chi connectivity index (χ3v) is 5.11. The first-order valence-corrected chi connectivity index (χ1v) is 8.75. The van der Waals surface area contributed by atoms with Gasteiger partial charge in [0, 0.05) is 0 Å². The van der Waals surface area contributed by atoms with Crippen LogP contribution in [0.5, 0.6) is 0 Å². The van der Waals surface area contributed by atoms with Crippen molar-refractivity contribution in [2.45, 2.75) is 31.6 Å². The summed E-state index contributed by atoms with van der Waals surface area (Å²) in [7, 11) is 0. The lowest BCUT2D eigenvalue weighted by Gasteiger charge is -2.23. The van der Waals surface area contributed by atoms with E-state index in [-0.39, 0.29) is 18.6 Å². The Morgan fingerprint density at radius 2 is 2.13 bits per heavy atom. The van der Waals surface area contributed by atoms with Crippen LogP contribution in [0.3, 0.4) is 0 Å². The fourth-order valence-electron chi connectivity index (χ4n) is 2.26. The number of ether oxygens (including phenoxy) is 2. The molecule has 0 aromatic heterocycles. The fourth-order valence-corrected chi connectivity index (χ4v) is 3.70. The minimum absolute atomic E-state index is 0.250. The fraction of sp³-hybridized carbons (Fsp3) is 0.438. The minimum atomic E-state index is -0.477. The molecule has 1 aliphatic rings. The highest BCUT2D eigenvalue weighted by molar-refractivity contribution is 8.23. The molecule has 1 aromatic rings. The Labute approximate surface area is 145 Å². The standard InChI is InChI=1S/C16H19NO4S2/c1-3-13(14(18)20-4-2)23-16(22)17-12(10-21-15(17)19)11-8-6-5-7-9-11/h5-9,12-13H,3-4,10H2,1-2H3. The van der Waals surface area contributed by atoms with Crippen molar-refractivity contribution < 1.29 is 19.1 Å². The lowest BCUT2D eigenvalue weighted by molar-refractivity contribution is -0.142. The highest BCUT2D eigenvalue weighted by Crippen LogP contribution is 2.32. The van der Waals surface area contributed by atoms with Gasteiger partial charge >= 0.3 is 12.1 Å². The van der Waals surface area contributed by atoms with Gasteiger partial charge in [-0.2, -0.15) is 0 Å². The normalized spacial score (nSPS) is 18.4. The Morgan fingerprint density at radius 3 is 2.74 bits per heavy atom. The number of carbonyl (C=O) groups excluding carboxylic acids is 2. The van der Waals surface area contributed by atoms with Gasteiger partial charge in [-0.05, 0) is 18.9 Å². The Kier molecular flexibility index (Phi) is 6.41. The summed E-state index contributed by atoms with van der Waals surface area (Å²) in [5.74, 6) is -0.314. The molecular formula is C16H19NO4S2. The molecule has 0 radical (unpaired) electrons. The highest BCUT2D eigenvalue weighted by Gasteiger charge is 2.38. The quantitative estimate of drug-likeness (QED) is 0.596. The molecule has 5 nitrogen and oxygen atoms in total. The van der Waals surface area contributed by atoms with Crippen LogP contribution in [-0.2, 0) is 14.3 Å². The number of benzene rings is 1. The molecule has 1 aliphatic heterocycles. The average Bonchev–Trinajstić information content (AvgIpc) is 2.95. The topological polar surface area (TPSA) is 55.8 Å². The molecule has 0 aliphatic carbocycles. The Bertz CT molecular complexity index is 579. The number of carbonyl (C=O) groups is 2. The van der Waals surface area contributed by atoms with Crippen LogP contribution in [0.1, 0.15) is 31.9 Å². The molecule has 1 heterocycles. The number of esters is 1. The van der Waals surface area contributed by atoms with Gasteiger partial charge in [0.25, 0.3) is 0 Å². The molecule has 0 bridgehead atoms. The molecule has 1 saturated heterocycles. The van der Waals surface area contributed by atoms with Gasteiger partial charge in [0.05, 0.1) is 6.61 Å². The maximum absolute atomic E-state index is 12.1. The lowest BCUT2D eigenvalue weighted by atomic mass is 10.1. The number of thioether (sulfide) groups is 1. The summed E-state index contributed by atoms with van der Waals surface area (Å²) in [6, 6.07) is 9.31. The monoisotopic (exact) mass is 353 g/mol. The van der Waals surface area contributed by atoms with Gasteiger partial charge in [-0.3, -0.25) is 9.69 Å². The van der Waals surface area contributed by atoms with E-state index in [2.05, 4.69) is 0 Å². The van der Waals surface area contributed by atoms with Gasteiger partial charge < -0.3 is 9.47 Å². The van der Waals surface area contributed by atoms with Gasteiger partial charge in [0.2, 0.25) is 0 Å². The van der Waals surface area contributed by atoms with E-state index in [1.807, 2.05) is 37.3 Å². The number of rotatable bonds is 5. The number of amides is 1. The zero-order chi connectivity index (χ0) is 16.8. The molecule has 2 rings (SSSR count). The van der Waals surface area contributed by atoms with Gasteiger partial charge in [-0.1, -0.05) is 61.2 Å². The SMILES string of the molecule is CCOC(=O)C(CC)SC(=S)N1C(=O)OCC1c1ccccc1. The van der Waals surface area contributed by atoms with E-state index >= 15 is 0 Å². The maximum Gasteiger partial charge on any atom is 0.416 e. The van der Waals surface area contributed by atoms with Crippen molar-refractivity contribution in [3.63, 3.8) is 0 Å². The van der Waals surface area contributed by atoms with Crippen molar-refractivity contribution in [1.82, 2.24) is 4.90 Å². The van der Waals surface area contributed by atoms with Crippen molar-refractivity contribution in [3.8, 4) is 0 Å². The van der Waals surface area contributed by atoms with E-state index in [1.165, 1.54) is 16.7 Å². The molecule has 23 heavy (non-hydrogen) atoms. The first kappa shape index (κ1) is 17.7. The summed E-state index contributed by atoms with van der Waals surface area (Å²) in [6.07, 6.45) is 0.0952. The Morgan fingerprint density at radius 1 is 1.43 bits per heavy atom. The van der Waals surface area contributed by atoms with Crippen LogP contribution in [0.25, 0.3) is 0 Å². The van der Waals surface area contributed by atoms with Crippen molar-refractivity contribution in [2.24, 2.45) is 0 Å². The van der Waals surface area contributed by atoms with E-state index in [0.29, 0.717) is 17.3 Å². The Hall–Kier alpha value is -1.60. The zero-order valence-corrected chi connectivity index (χ0v) is 14.7. The first-order chi connectivity index (χ1) is 11.1. The molecule has 1 fully saturated rings. The van der Waals surface area contributed by atoms with E-state index < -0.39 is 11.3 Å². The van der Waals surface area contributed by atoms with Crippen molar-refractivity contribution in [2.75, 3.05) is 13.2 Å². The zero-order valence-electron chi connectivity index (χ0n) is 13.1. The molecule has 0 saturated carbocycles. The first-order valence-electron chi connectivity index (χ1n) is 7.46. The van der Waals surface area contributed by atoms with Gasteiger partial charge in [0.15, 0.2) is 0 Å². The molecule has 2 atom stereocenters. The number of cyclic esters (lactones) is 1. The number of nitrogens with zero attached hydrogens (tertiary/aromatic N) is 1. The van der Waals surface area contributed by atoms with Crippen molar-refractivity contribution >= 4 is 40.4 Å². The molecular weight excluding hydrogens is 334 g/mol. The summed E-state index contributed by atoms with van der Waals surface area (Å²) in [5.41, 5.74) is 0.950. The molecule has 1 aromatic carbocycles. The number of hydrogen-bond donors (Lipinski definition) is 0. The Balaban J connectivity index is 2.12. The molecule has 2 unspecified atom stereocenters. The van der Waals surface area contributed by atoms with E-state index in [0.717, 1.165) is 5.56 Å². The van der Waals surface area contributed by atoms with Crippen LogP contribution in [0.2, 0.25) is 0 Å². The second-order valence-corrected chi connectivity index (χ2v) is 6.74. The predicted molar refractivity (Wildman–Crippen MR) is 93.3 cm³/mol. The van der Waals surface area contributed by atoms with E-state index in [4.69, 9.17) is 21.7 Å².